The summed E-state index contributed by atoms with van der Waals surface area (Å²) in [5.74, 6) is -0.0566. The van der Waals surface area contributed by atoms with Gasteiger partial charge in [-0.1, -0.05) is 0 Å². The van der Waals surface area contributed by atoms with Crippen molar-refractivity contribution in [1.29, 1.82) is 0 Å². The zero-order chi connectivity index (χ0) is 13.9. The van der Waals surface area contributed by atoms with Gasteiger partial charge in [0.15, 0.2) is 0 Å². The fraction of sp³-hybridized carbons (Fsp3) is 0.455. The number of nitrogens with two attached hydrogens (primary N) is 1. The Morgan fingerprint density at radius 2 is 1.63 bits per heavy atom. The predicted molar refractivity (Wildman–Crippen MR) is 66.1 cm³/mol. The summed E-state index contributed by atoms with van der Waals surface area (Å²) in [6.07, 6.45) is -5.60. The van der Waals surface area contributed by atoms with Gasteiger partial charge in [0.2, 0.25) is 0 Å². The maximum absolute atomic E-state index is 12.3. The second-order valence-electron chi connectivity index (χ2n) is 3.69. The van der Waals surface area contributed by atoms with E-state index in [-0.39, 0.29) is 35.2 Å². The lowest BCUT2D eigenvalue weighted by Gasteiger charge is -2.20. The molecule has 0 aromatic heterocycles. The van der Waals surface area contributed by atoms with Crippen LogP contribution in [0.15, 0.2) is 12.1 Å². The van der Waals surface area contributed by atoms with Gasteiger partial charge in [-0.05, 0) is 0 Å². The largest absolute Gasteiger partial charge is 0.508 e. The first-order valence-corrected chi connectivity index (χ1v) is 5.05. The van der Waals surface area contributed by atoms with Gasteiger partial charge in [0.25, 0.3) is 0 Å². The molecule has 1 aromatic carbocycles. The van der Waals surface area contributed by atoms with Crippen molar-refractivity contribution in [2.75, 3.05) is 14.2 Å². The third kappa shape index (κ3) is 4.68. The Kier molecular flexibility index (Phi) is 6.24. The van der Waals surface area contributed by atoms with Crippen LogP contribution in [-0.4, -0.2) is 25.5 Å². The molecule has 0 spiro atoms. The zero-order valence-electron chi connectivity index (χ0n) is 10.3. The quantitative estimate of drug-likeness (QED) is 0.897. The lowest BCUT2D eigenvalue weighted by Crippen LogP contribution is -2.21. The van der Waals surface area contributed by atoms with E-state index in [0.717, 1.165) is 0 Å². The molecule has 0 bridgehead atoms. The Balaban J connectivity index is 0.00000324. The van der Waals surface area contributed by atoms with Gasteiger partial charge in [0.1, 0.15) is 17.2 Å². The van der Waals surface area contributed by atoms with Crippen molar-refractivity contribution in [3.63, 3.8) is 0 Å². The molecular weight excluding hydrogens is 287 g/mol. The molecule has 0 unspecified atom stereocenters. The number of benzene rings is 1. The molecule has 19 heavy (non-hydrogen) atoms. The van der Waals surface area contributed by atoms with Gasteiger partial charge in [0, 0.05) is 18.2 Å². The number of hydrogen-bond donors (Lipinski definition) is 2. The molecular formula is C11H15ClF3NO3. The van der Waals surface area contributed by atoms with Gasteiger partial charge in [0.05, 0.1) is 26.2 Å². The van der Waals surface area contributed by atoms with Crippen molar-refractivity contribution in [1.82, 2.24) is 0 Å². The topological polar surface area (TPSA) is 64.7 Å². The summed E-state index contributed by atoms with van der Waals surface area (Å²) in [4.78, 5) is 0. The molecule has 0 saturated heterocycles. The van der Waals surface area contributed by atoms with Crippen LogP contribution < -0.4 is 15.2 Å². The Hall–Kier alpha value is -1.34. The van der Waals surface area contributed by atoms with Crippen LogP contribution in [0.4, 0.5) is 13.2 Å². The zero-order valence-corrected chi connectivity index (χ0v) is 11.1. The molecule has 0 aliphatic carbocycles. The van der Waals surface area contributed by atoms with Crippen LogP contribution in [-0.2, 0) is 0 Å². The molecule has 1 aromatic rings. The summed E-state index contributed by atoms with van der Waals surface area (Å²) >= 11 is 0. The number of phenols is 1. The first kappa shape index (κ1) is 17.7. The molecule has 4 nitrogen and oxygen atoms in total. The molecule has 0 fully saturated rings. The molecule has 0 saturated carbocycles. The summed E-state index contributed by atoms with van der Waals surface area (Å²) in [6.45, 7) is 0. The summed E-state index contributed by atoms with van der Waals surface area (Å²) < 4.78 is 46.8. The molecule has 8 heteroatoms. The molecule has 0 aliphatic heterocycles. The molecule has 1 atom stereocenters. The lowest BCUT2D eigenvalue weighted by atomic mass is 10.0. The van der Waals surface area contributed by atoms with E-state index in [1.807, 2.05) is 0 Å². The number of ether oxygens (including phenoxy) is 2. The molecule has 110 valence electrons. The van der Waals surface area contributed by atoms with Crippen LogP contribution in [0.5, 0.6) is 17.2 Å². The van der Waals surface area contributed by atoms with Crippen molar-refractivity contribution >= 4 is 12.4 Å². The highest BCUT2D eigenvalue weighted by Gasteiger charge is 2.33. The second kappa shape index (κ2) is 6.72. The van der Waals surface area contributed by atoms with Crippen LogP contribution in [0, 0.1) is 0 Å². The molecule has 0 heterocycles. The minimum Gasteiger partial charge on any atom is -0.508 e. The highest BCUT2D eigenvalue weighted by atomic mass is 35.5. The molecule has 1 rings (SSSR count). The monoisotopic (exact) mass is 301 g/mol. The number of halogens is 4. The van der Waals surface area contributed by atoms with Crippen LogP contribution in [0.3, 0.4) is 0 Å². The Morgan fingerprint density at radius 1 is 1.21 bits per heavy atom. The molecule has 0 aliphatic rings. The Morgan fingerprint density at radius 3 is 1.95 bits per heavy atom. The van der Waals surface area contributed by atoms with Gasteiger partial charge in [-0.3, -0.25) is 0 Å². The highest BCUT2D eigenvalue weighted by Crippen LogP contribution is 2.40. The third-order valence-electron chi connectivity index (χ3n) is 2.35. The second-order valence-corrected chi connectivity index (χ2v) is 3.69. The maximum atomic E-state index is 12.3. The number of methoxy groups -OCH3 is 2. The van der Waals surface area contributed by atoms with E-state index in [2.05, 4.69) is 0 Å². The van der Waals surface area contributed by atoms with E-state index in [4.69, 9.17) is 15.2 Å². The number of rotatable bonds is 4. The number of aromatic hydroxyl groups is 1. The smallest absolute Gasteiger partial charge is 0.390 e. The first-order valence-electron chi connectivity index (χ1n) is 5.05. The highest BCUT2D eigenvalue weighted by molar-refractivity contribution is 5.85. The van der Waals surface area contributed by atoms with E-state index in [9.17, 15) is 18.3 Å². The number of hydrogen-bond acceptors (Lipinski definition) is 4. The van der Waals surface area contributed by atoms with E-state index in [1.165, 1.54) is 26.4 Å². The van der Waals surface area contributed by atoms with Crippen molar-refractivity contribution in [3.05, 3.63) is 17.7 Å². The maximum Gasteiger partial charge on any atom is 0.390 e. The van der Waals surface area contributed by atoms with Crippen LogP contribution in [0.1, 0.15) is 18.0 Å². The van der Waals surface area contributed by atoms with Gasteiger partial charge >= 0.3 is 6.18 Å². The van der Waals surface area contributed by atoms with Crippen LogP contribution in [0.25, 0.3) is 0 Å². The van der Waals surface area contributed by atoms with Crippen LogP contribution >= 0.6 is 12.4 Å². The molecule has 0 radical (unpaired) electrons. The minimum absolute atomic E-state index is 0. The summed E-state index contributed by atoms with van der Waals surface area (Å²) in [5, 5.41) is 9.37. The fourth-order valence-corrected chi connectivity index (χ4v) is 1.64. The predicted octanol–water partition coefficient (Wildman–Crippen LogP) is 2.78. The standard InChI is InChI=1S/C11H14F3NO3.ClH/c1-17-8-3-6(16)4-9(18-2)10(8)7(15)5-11(12,13)14;/h3-4,7,16H,5,15H2,1-2H3;1H/t7-;/m0./s1. The van der Waals surface area contributed by atoms with Crippen molar-refractivity contribution in [2.45, 2.75) is 18.6 Å². The Labute approximate surface area is 114 Å². The van der Waals surface area contributed by atoms with E-state index in [1.54, 1.807) is 0 Å². The number of phenolic OH excluding ortho intramolecular Hbond substituents is 1. The average molecular weight is 302 g/mol. The van der Waals surface area contributed by atoms with E-state index in [0.29, 0.717) is 0 Å². The minimum atomic E-state index is -4.40. The molecule has 0 amide bonds. The SMILES string of the molecule is COc1cc(O)cc(OC)c1[C@@H](N)CC(F)(F)F.Cl. The van der Waals surface area contributed by atoms with Crippen molar-refractivity contribution < 1.29 is 27.8 Å². The van der Waals surface area contributed by atoms with E-state index >= 15 is 0 Å². The fourth-order valence-electron chi connectivity index (χ4n) is 1.64. The summed E-state index contributed by atoms with van der Waals surface area (Å²) in [6, 6.07) is 1.05. The van der Waals surface area contributed by atoms with Gasteiger partial charge in [-0.15, -0.1) is 12.4 Å². The van der Waals surface area contributed by atoms with E-state index < -0.39 is 18.6 Å². The van der Waals surface area contributed by atoms with Gasteiger partial charge in [-0.2, -0.15) is 13.2 Å². The summed E-state index contributed by atoms with van der Waals surface area (Å²) in [5.41, 5.74) is 5.60. The average Bonchev–Trinajstić information content (AvgIpc) is 2.24. The van der Waals surface area contributed by atoms with Crippen molar-refractivity contribution in [3.8, 4) is 17.2 Å². The first-order chi connectivity index (χ1) is 8.28. The summed E-state index contributed by atoms with van der Waals surface area (Å²) in [7, 11) is 2.55. The third-order valence-corrected chi connectivity index (χ3v) is 2.35. The van der Waals surface area contributed by atoms with Gasteiger partial charge in [-0.25, -0.2) is 0 Å². The molecule has 3 N–H and O–H groups in total. The van der Waals surface area contributed by atoms with Gasteiger partial charge < -0.3 is 20.3 Å². The van der Waals surface area contributed by atoms with Crippen LogP contribution in [0.2, 0.25) is 0 Å². The Bertz CT molecular complexity index is 401. The number of alkyl halides is 3. The lowest BCUT2D eigenvalue weighted by molar-refractivity contribution is -0.138. The van der Waals surface area contributed by atoms with Crippen molar-refractivity contribution in [2.24, 2.45) is 5.73 Å². The normalized spacial score (nSPS) is 12.5.